The normalized spacial score (nSPS) is 12.5. The molecule has 0 saturated carbocycles. The Hall–Kier alpha value is -1.29. The van der Waals surface area contributed by atoms with E-state index in [4.69, 9.17) is 4.42 Å². The SMILES string of the molecule is CCCCSc1nnc(CC(C)c2ccccc2)o1. The van der Waals surface area contributed by atoms with Crippen LogP contribution in [0.15, 0.2) is 40.0 Å². The number of nitrogens with zero attached hydrogens (tertiary/aromatic N) is 2. The van der Waals surface area contributed by atoms with E-state index in [9.17, 15) is 0 Å². The molecule has 0 saturated heterocycles. The third kappa shape index (κ3) is 4.39. The van der Waals surface area contributed by atoms with Crippen molar-refractivity contribution in [2.75, 3.05) is 5.75 Å². The van der Waals surface area contributed by atoms with Gasteiger partial charge in [0.25, 0.3) is 5.22 Å². The van der Waals surface area contributed by atoms with E-state index < -0.39 is 0 Å². The van der Waals surface area contributed by atoms with Gasteiger partial charge in [0, 0.05) is 12.2 Å². The molecule has 1 heterocycles. The number of unbranched alkanes of at least 4 members (excludes halogenated alkanes) is 1. The average molecular weight is 276 g/mol. The lowest BCUT2D eigenvalue weighted by Gasteiger charge is -2.08. The molecule has 1 aromatic carbocycles. The molecule has 0 aliphatic rings. The van der Waals surface area contributed by atoms with Gasteiger partial charge in [-0.3, -0.25) is 0 Å². The zero-order valence-electron chi connectivity index (χ0n) is 11.5. The third-order valence-corrected chi connectivity index (χ3v) is 3.93. The second kappa shape index (κ2) is 7.34. The maximum atomic E-state index is 5.66. The van der Waals surface area contributed by atoms with E-state index in [1.807, 2.05) is 6.07 Å². The molecular formula is C15H20N2OS. The Labute approximate surface area is 118 Å². The minimum absolute atomic E-state index is 0.398. The van der Waals surface area contributed by atoms with Crippen molar-refractivity contribution in [3.63, 3.8) is 0 Å². The minimum Gasteiger partial charge on any atom is -0.416 e. The summed E-state index contributed by atoms with van der Waals surface area (Å²) in [7, 11) is 0. The van der Waals surface area contributed by atoms with Crippen molar-refractivity contribution in [2.45, 2.75) is 44.3 Å². The van der Waals surface area contributed by atoms with E-state index in [0.29, 0.717) is 11.1 Å². The first kappa shape index (κ1) is 14.1. The van der Waals surface area contributed by atoms with Crippen LogP contribution in [-0.4, -0.2) is 16.0 Å². The topological polar surface area (TPSA) is 38.9 Å². The van der Waals surface area contributed by atoms with Crippen LogP contribution >= 0.6 is 11.8 Å². The number of hydrogen-bond donors (Lipinski definition) is 0. The van der Waals surface area contributed by atoms with Gasteiger partial charge in [-0.2, -0.15) is 0 Å². The number of hydrogen-bond acceptors (Lipinski definition) is 4. The molecule has 0 aliphatic heterocycles. The van der Waals surface area contributed by atoms with Crippen LogP contribution in [0.25, 0.3) is 0 Å². The lowest BCUT2D eigenvalue weighted by atomic mass is 9.98. The average Bonchev–Trinajstić information content (AvgIpc) is 2.88. The summed E-state index contributed by atoms with van der Waals surface area (Å²) in [5.41, 5.74) is 1.31. The fraction of sp³-hybridized carbons (Fsp3) is 0.467. The highest BCUT2D eigenvalue weighted by atomic mass is 32.2. The molecule has 1 aromatic heterocycles. The largest absolute Gasteiger partial charge is 0.416 e. The van der Waals surface area contributed by atoms with Crippen molar-refractivity contribution in [2.24, 2.45) is 0 Å². The van der Waals surface area contributed by atoms with Gasteiger partial charge in [0.2, 0.25) is 5.89 Å². The van der Waals surface area contributed by atoms with Crippen molar-refractivity contribution in [3.05, 3.63) is 41.8 Å². The van der Waals surface area contributed by atoms with Gasteiger partial charge >= 0.3 is 0 Å². The summed E-state index contributed by atoms with van der Waals surface area (Å²) in [5.74, 6) is 2.18. The molecular weight excluding hydrogens is 256 g/mol. The van der Waals surface area contributed by atoms with Gasteiger partial charge < -0.3 is 4.42 Å². The third-order valence-electron chi connectivity index (χ3n) is 3.02. The van der Waals surface area contributed by atoms with Crippen molar-refractivity contribution in [1.29, 1.82) is 0 Å². The highest BCUT2D eigenvalue weighted by molar-refractivity contribution is 7.99. The van der Waals surface area contributed by atoms with Crippen LogP contribution in [0.2, 0.25) is 0 Å². The predicted molar refractivity (Wildman–Crippen MR) is 78.5 cm³/mol. The van der Waals surface area contributed by atoms with Crippen molar-refractivity contribution >= 4 is 11.8 Å². The zero-order valence-corrected chi connectivity index (χ0v) is 12.3. The predicted octanol–water partition coefficient (Wildman–Crippen LogP) is 4.31. The number of rotatable bonds is 7. The molecule has 0 N–H and O–H groups in total. The molecule has 1 unspecified atom stereocenters. The summed E-state index contributed by atoms with van der Waals surface area (Å²) in [6, 6.07) is 10.4. The van der Waals surface area contributed by atoms with Crippen LogP contribution in [0.5, 0.6) is 0 Å². The Kier molecular flexibility index (Phi) is 5.45. The zero-order chi connectivity index (χ0) is 13.5. The minimum atomic E-state index is 0.398. The van der Waals surface area contributed by atoms with Crippen LogP contribution < -0.4 is 0 Å². The molecule has 3 nitrogen and oxygen atoms in total. The molecule has 0 bridgehead atoms. The van der Waals surface area contributed by atoms with E-state index in [-0.39, 0.29) is 0 Å². The first-order valence-corrected chi connectivity index (χ1v) is 7.78. The van der Waals surface area contributed by atoms with E-state index in [0.717, 1.165) is 18.1 Å². The molecule has 0 amide bonds. The summed E-state index contributed by atoms with van der Waals surface area (Å²) in [6.45, 7) is 4.37. The highest BCUT2D eigenvalue weighted by Gasteiger charge is 2.12. The maximum absolute atomic E-state index is 5.66. The van der Waals surface area contributed by atoms with Crippen LogP contribution in [0.1, 0.15) is 44.1 Å². The number of thioether (sulfide) groups is 1. The van der Waals surface area contributed by atoms with Gasteiger partial charge in [-0.1, -0.05) is 62.4 Å². The summed E-state index contributed by atoms with van der Waals surface area (Å²) in [6.07, 6.45) is 3.17. The monoisotopic (exact) mass is 276 g/mol. The summed E-state index contributed by atoms with van der Waals surface area (Å²) < 4.78 is 5.66. The van der Waals surface area contributed by atoms with E-state index in [1.165, 1.54) is 18.4 Å². The van der Waals surface area contributed by atoms with Crippen LogP contribution in [0, 0.1) is 0 Å². The molecule has 102 valence electrons. The van der Waals surface area contributed by atoms with Gasteiger partial charge in [0.05, 0.1) is 0 Å². The molecule has 2 aromatic rings. The van der Waals surface area contributed by atoms with Crippen LogP contribution in [-0.2, 0) is 6.42 Å². The summed E-state index contributed by atoms with van der Waals surface area (Å²) >= 11 is 1.65. The highest BCUT2D eigenvalue weighted by Crippen LogP contribution is 2.22. The Morgan fingerprint density at radius 1 is 1.21 bits per heavy atom. The Morgan fingerprint density at radius 3 is 2.74 bits per heavy atom. The lowest BCUT2D eigenvalue weighted by Crippen LogP contribution is -1.98. The van der Waals surface area contributed by atoms with E-state index in [1.54, 1.807) is 11.8 Å². The quantitative estimate of drug-likeness (QED) is 0.558. The standard InChI is InChI=1S/C15H20N2OS/c1-3-4-10-19-15-17-16-14(18-15)11-12(2)13-8-6-5-7-9-13/h5-9,12H,3-4,10-11H2,1-2H3. The molecule has 0 spiro atoms. The van der Waals surface area contributed by atoms with E-state index in [2.05, 4.69) is 48.3 Å². The van der Waals surface area contributed by atoms with Crippen molar-refractivity contribution in [3.8, 4) is 0 Å². The molecule has 4 heteroatoms. The van der Waals surface area contributed by atoms with Gasteiger partial charge in [0.15, 0.2) is 0 Å². The van der Waals surface area contributed by atoms with Crippen molar-refractivity contribution in [1.82, 2.24) is 10.2 Å². The van der Waals surface area contributed by atoms with Gasteiger partial charge in [-0.05, 0) is 17.9 Å². The van der Waals surface area contributed by atoms with Gasteiger partial charge in [-0.15, -0.1) is 10.2 Å². The first-order valence-electron chi connectivity index (χ1n) is 6.79. The smallest absolute Gasteiger partial charge is 0.276 e. The second-order valence-corrected chi connectivity index (χ2v) is 5.73. The first-order chi connectivity index (χ1) is 9.29. The molecule has 0 fully saturated rings. The molecule has 1 atom stereocenters. The fourth-order valence-corrected chi connectivity index (χ4v) is 2.71. The molecule has 2 rings (SSSR count). The lowest BCUT2D eigenvalue weighted by molar-refractivity contribution is 0.404. The molecule has 0 aliphatic carbocycles. The summed E-state index contributed by atoms with van der Waals surface area (Å²) in [4.78, 5) is 0. The Morgan fingerprint density at radius 2 is 2.00 bits per heavy atom. The maximum Gasteiger partial charge on any atom is 0.276 e. The molecule has 0 radical (unpaired) electrons. The summed E-state index contributed by atoms with van der Waals surface area (Å²) in [5, 5.41) is 8.90. The fourth-order valence-electron chi connectivity index (χ4n) is 1.84. The Bertz CT molecular complexity index is 484. The second-order valence-electron chi connectivity index (χ2n) is 4.68. The Balaban J connectivity index is 1.89. The van der Waals surface area contributed by atoms with E-state index >= 15 is 0 Å². The number of aromatic nitrogens is 2. The van der Waals surface area contributed by atoms with Crippen LogP contribution in [0.4, 0.5) is 0 Å². The van der Waals surface area contributed by atoms with Crippen molar-refractivity contribution < 1.29 is 4.42 Å². The number of benzene rings is 1. The van der Waals surface area contributed by atoms with Gasteiger partial charge in [-0.25, -0.2) is 0 Å². The molecule has 19 heavy (non-hydrogen) atoms. The van der Waals surface area contributed by atoms with Gasteiger partial charge in [0.1, 0.15) is 0 Å². The van der Waals surface area contributed by atoms with Crippen LogP contribution in [0.3, 0.4) is 0 Å².